The molecule has 0 spiro atoms. The molecule has 0 rings (SSSR count). The van der Waals surface area contributed by atoms with Crippen LogP contribution in [0.2, 0.25) is 0 Å². The van der Waals surface area contributed by atoms with E-state index in [1.165, 1.54) is 38.5 Å². The van der Waals surface area contributed by atoms with E-state index in [1.54, 1.807) is 0 Å². The van der Waals surface area contributed by atoms with E-state index in [9.17, 15) is 19.0 Å². The lowest BCUT2D eigenvalue weighted by molar-refractivity contribution is -0.161. The molecule has 9 nitrogen and oxygen atoms in total. The van der Waals surface area contributed by atoms with Crippen molar-refractivity contribution in [1.29, 1.82) is 0 Å². The average Bonchev–Trinajstić information content (AvgIpc) is 3.16. The summed E-state index contributed by atoms with van der Waals surface area (Å²) in [6.45, 7) is 3.54. The largest absolute Gasteiger partial charge is 0.472 e. The monoisotopic (exact) mass is 778 g/mol. The van der Waals surface area contributed by atoms with Crippen LogP contribution in [-0.4, -0.2) is 49.3 Å². The van der Waals surface area contributed by atoms with E-state index in [-0.39, 0.29) is 32.6 Å². The second kappa shape index (κ2) is 40.1. The summed E-state index contributed by atoms with van der Waals surface area (Å²) in [5.41, 5.74) is 5.34. The molecule has 2 atom stereocenters. The molecule has 0 heterocycles. The third kappa shape index (κ3) is 39.2. The van der Waals surface area contributed by atoms with Crippen molar-refractivity contribution in [1.82, 2.24) is 0 Å². The van der Waals surface area contributed by atoms with Crippen molar-refractivity contribution in [3.05, 3.63) is 72.9 Å². The van der Waals surface area contributed by atoms with E-state index in [4.69, 9.17) is 24.3 Å². The molecule has 0 aromatic rings. The maximum atomic E-state index is 12.6. The van der Waals surface area contributed by atoms with Gasteiger partial charge in [0, 0.05) is 19.4 Å². The second-order valence-electron chi connectivity index (χ2n) is 13.5. The molecule has 0 saturated heterocycles. The zero-order valence-corrected chi connectivity index (χ0v) is 34.8. The number of unbranched alkanes of at least 4 members (excludes halogenated alkanes) is 13. The molecule has 0 saturated carbocycles. The molecular weight excluding hydrogens is 701 g/mol. The van der Waals surface area contributed by atoms with Gasteiger partial charge in [0.1, 0.15) is 6.61 Å². The summed E-state index contributed by atoms with van der Waals surface area (Å²) < 4.78 is 32.7. The van der Waals surface area contributed by atoms with Crippen molar-refractivity contribution >= 4 is 19.8 Å². The number of carbonyl (C=O) groups excluding carboxylic acids is 2. The Hall–Kier alpha value is -2.55. The smallest absolute Gasteiger partial charge is 0.462 e. The Labute approximate surface area is 329 Å². The predicted octanol–water partition coefficient (Wildman–Crippen LogP) is 11.9. The van der Waals surface area contributed by atoms with Gasteiger partial charge in [-0.05, 0) is 83.5 Å². The lowest BCUT2D eigenvalue weighted by atomic mass is 10.1. The van der Waals surface area contributed by atoms with E-state index < -0.39 is 32.5 Å². The molecule has 0 bridgehead atoms. The van der Waals surface area contributed by atoms with Crippen LogP contribution in [0.4, 0.5) is 0 Å². The van der Waals surface area contributed by atoms with Crippen molar-refractivity contribution in [3.8, 4) is 0 Å². The van der Waals surface area contributed by atoms with E-state index in [1.807, 2.05) is 0 Å². The summed E-state index contributed by atoms with van der Waals surface area (Å²) in [5.74, 6) is -0.883. The van der Waals surface area contributed by atoms with E-state index in [0.29, 0.717) is 12.8 Å². The standard InChI is InChI=1S/C44H76NO8P/c1-3-5-7-9-11-13-15-17-19-20-21-22-23-25-27-29-31-33-35-37-44(47)53-42(41-52-54(48,49)51-39-38-45)40-50-43(46)36-34-32-30-28-26-24-18-16-14-12-10-8-6-4-2/h5,7,11,13,16-19,21-22,25,27,42H,3-4,6,8-10,12,14-15,20,23-24,26,28-41,45H2,1-2H3,(H,48,49)/b7-5-,13-11-,18-16-,19-17-,22-21-,27-25-. The first-order chi connectivity index (χ1) is 26.3. The van der Waals surface area contributed by atoms with Crippen LogP contribution in [0.5, 0.6) is 0 Å². The van der Waals surface area contributed by atoms with Crippen LogP contribution in [0.3, 0.4) is 0 Å². The molecule has 0 aromatic carbocycles. The Kier molecular flexibility index (Phi) is 38.2. The van der Waals surface area contributed by atoms with Crippen LogP contribution < -0.4 is 5.73 Å². The van der Waals surface area contributed by atoms with Crippen molar-refractivity contribution in [2.45, 2.75) is 168 Å². The fourth-order valence-electron chi connectivity index (χ4n) is 5.24. The van der Waals surface area contributed by atoms with Gasteiger partial charge in [-0.2, -0.15) is 0 Å². The van der Waals surface area contributed by atoms with Crippen molar-refractivity contribution in [2.75, 3.05) is 26.4 Å². The fourth-order valence-corrected chi connectivity index (χ4v) is 6.01. The number of rotatable bonds is 38. The molecule has 3 N–H and O–H groups in total. The van der Waals surface area contributed by atoms with E-state index in [2.05, 4.69) is 86.8 Å². The van der Waals surface area contributed by atoms with Gasteiger partial charge in [0.05, 0.1) is 13.2 Å². The Morgan fingerprint density at radius 1 is 0.574 bits per heavy atom. The zero-order valence-electron chi connectivity index (χ0n) is 33.9. The number of ether oxygens (including phenoxy) is 2. The molecule has 2 unspecified atom stereocenters. The van der Waals surface area contributed by atoms with E-state index in [0.717, 1.165) is 83.5 Å². The summed E-state index contributed by atoms with van der Waals surface area (Å²) in [7, 11) is -4.39. The molecule has 0 amide bonds. The molecule has 0 radical (unpaired) electrons. The van der Waals surface area contributed by atoms with Gasteiger partial charge in [0.15, 0.2) is 6.10 Å². The Morgan fingerprint density at radius 2 is 1.02 bits per heavy atom. The minimum atomic E-state index is -4.39. The van der Waals surface area contributed by atoms with Crippen molar-refractivity contribution in [3.63, 3.8) is 0 Å². The number of phosphoric ester groups is 1. The summed E-state index contributed by atoms with van der Waals surface area (Å²) in [5, 5.41) is 0. The number of nitrogens with two attached hydrogens (primary N) is 1. The zero-order chi connectivity index (χ0) is 39.6. The summed E-state index contributed by atoms with van der Waals surface area (Å²) >= 11 is 0. The molecule has 310 valence electrons. The minimum absolute atomic E-state index is 0.0430. The predicted molar refractivity (Wildman–Crippen MR) is 224 cm³/mol. The number of hydrogen-bond acceptors (Lipinski definition) is 8. The molecule has 10 heteroatoms. The number of phosphoric acid groups is 1. The van der Waals surface area contributed by atoms with Gasteiger partial charge in [0.25, 0.3) is 0 Å². The van der Waals surface area contributed by atoms with Crippen LogP contribution in [0.25, 0.3) is 0 Å². The van der Waals surface area contributed by atoms with Gasteiger partial charge in [-0.3, -0.25) is 18.6 Å². The summed E-state index contributed by atoms with van der Waals surface area (Å²) in [6.07, 6.45) is 47.9. The summed E-state index contributed by atoms with van der Waals surface area (Å²) in [4.78, 5) is 34.8. The molecule has 54 heavy (non-hydrogen) atoms. The quantitative estimate of drug-likeness (QED) is 0.0272. The maximum Gasteiger partial charge on any atom is 0.472 e. The summed E-state index contributed by atoms with van der Waals surface area (Å²) in [6, 6.07) is 0. The molecule has 0 aliphatic heterocycles. The number of allylic oxidation sites excluding steroid dienone is 12. The Balaban J connectivity index is 4.28. The normalized spacial score (nSPS) is 14.1. The van der Waals surface area contributed by atoms with Crippen molar-refractivity contribution < 1.29 is 37.6 Å². The number of carbonyl (C=O) groups is 2. The first-order valence-electron chi connectivity index (χ1n) is 20.9. The highest BCUT2D eigenvalue weighted by Gasteiger charge is 2.25. The highest BCUT2D eigenvalue weighted by Crippen LogP contribution is 2.43. The molecule has 0 aliphatic rings. The lowest BCUT2D eigenvalue weighted by Crippen LogP contribution is -2.29. The molecule has 0 aromatic heterocycles. The first-order valence-corrected chi connectivity index (χ1v) is 22.4. The van der Waals surface area contributed by atoms with E-state index >= 15 is 0 Å². The van der Waals surface area contributed by atoms with Crippen LogP contribution >= 0.6 is 7.82 Å². The van der Waals surface area contributed by atoms with Crippen molar-refractivity contribution in [2.24, 2.45) is 5.73 Å². The van der Waals surface area contributed by atoms with Gasteiger partial charge in [-0.15, -0.1) is 0 Å². The SMILES string of the molecule is CC/C=C\C/C=C\C/C=C\C/C=C\C/C=C\CCCCCC(=O)OC(COC(=O)CCCCCCC/C=C\CCCCCCC)COP(=O)(O)OCCN. The third-order valence-electron chi connectivity index (χ3n) is 8.33. The van der Waals surface area contributed by atoms with Crippen LogP contribution in [0.15, 0.2) is 72.9 Å². The second-order valence-corrected chi connectivity index (χ2v) is 14.9. The lowest BCUT2D eigenvalue weighted by Gasteiger charge is -2.19. The number of hydrogen-bond donors (Lipinski definition) is 2. The molecular formula is C44H76NO8P. The van der Waals surface area contributed by atoms with Crippen LogP contribution in [-0.2, 0) is 32.7 Å². The van der Waals surface area contributed by atoms with Crippen LogP contribution in [0, 0.1) is 0 Å². The van der Waals surface area contributed by atoms with Crippen LogP contribution in [0.1, 0.15) is 162 Å². The average molecular weight is 778 g/mol. The number of esters is 2. The highest BCUT2D eigenvalue weighted by atomic mass is 31.2. The van der Waals surface area contributed by atoms with Gasteiger partial charge < -0.3 is 20.1 Å². The molecule has 0 fully saturated rings. The molecule has 0 aliphatic carbocycles. The van der Waals surface area contributed by atoms with Gasteiger partial charge in [-0.25, -0.2) is 4.57 Å². The third-order valence-corrected chi connectivity index (χ3v) is 9.31. The van der Waals surface area contributed by atoms with Gasteiger partial charge in [-0.1, -0.05) is 138 Å². The maximum absolute atomic E-state index is 12.6. The Morgan fingerprint density at radius 3 is 1.56 bits per heavy atom. The first kappa shape index (κ1) is 51.5. The fraction of sp³-hybridized carbons (Fsp3) is 0.682. The minimum Gasteiger partial charge on any atom is -0.462 e. The highest BCUT2D eigenvalue weighted by molar-refractivity contribution is 7.47. The van der Waals surface area contributed by atoms with Gasteiger partial charge >= 0.3 is 19.8 Å². The topological polar surface area (TPSA) is 134 Å². The van der Waals surface area contributed by atoms with Gasteiger partial charge in [0.2, 0.25) is 0 Å². The Bertz CT molecular complexity index is 1110.